The molecular weight excluding hydrogens is 469 g/mol. The molecule has 5 aromatic carbocycles. The molecule has 7 rings (SSSR count). The molecule has 0 spiro atoms. The molecule has 0 radical (unpaired) electrons. The molecule has 176 valence electrons. The van der Waals surface area contributed by atoms with Crippen LogP contribution in [0.2, 0.25) is 0 Å². The first-order chi connectivity index (χ1) is 17.8. The second-order valence-corrected chi connectivity index (χ2v) is 9.86. The summed E-state index contributed by atoms with van der Waals surface area (Å²) in [6.45, 7) is 0.809. The van der Waals surface area contributed by atoms with Gasteiger partial charge in [-0.05, 0) is 45.8 Å². The fourth-order valence-electron chi connectivity index (χ4n) is 4.79. The molecule has 1 aromatic heterocycles. The molecule has 0 unspecified atom stereocenters. The molecule has 0 N–H and O–H groups in total. The summed E-state index contributed by atoms with van der Waals surface area (Å²) in [6.07, 6.45) is 0. The van der Waals surface area contributed by atoms with Crippen LogP contribution >= 0.6 is 8.24 Å². The minimum absolute atomic E-state index is 0.120. The van der Waals surface area contributed by atoms with E-state index in [0.717, 1.165) is 49.0 Å². The number of aliphatic imine (C=N–C) groups is 1. The molecule has 0 bridgehead atoms. The third kappa shape index (κ3) is 3.74. The Morgan fingerprint density at radius 1 is 0.694 bits per heavy atom. The molecule has 6 aromatic rings. The highest BCUT2D eigenvalue weighted by atomic mass is 31.1. The standard InChI is InChI=1S/C30H22NO4P/c1-2-10-22(11-3-1)30-31-23(18-32-30)19-33-36-34-26-16-14-20-8-4-6-12-24(20)28(26)29-25-13-7-5-9-21(25)15-17-27(29)35-36/h1-17,23H,18-19H2/t23-/m0/s1. The highest BCUT2D eigenvalue weighted by Gasteiger charge is 2.21. The van der Waals surface area contributed by atoms with Crippen LogP contribution in [0.5, 0.6) is 0 Å². The number of hydrogen-bond acceptors (Lipinski definition) is 5. The van der Waals surface area contributed by atoms with Gasteiger partial charge >= 0.3 is 8.24 Å². The maximum absolute atomic E-state index is 6.40. The fraction of sp³-hybridized carbons (Fsp3) is 0.100. The number of fused-ring (bicyclic) bond motifs is 7. The van der Waals surface area contributed by atoms with Gasteiger partial charge in [-0.1, -0.05) is 78.9 Å². The largest absolute Gasteiger partial charge is 0.475 e. The third-order valence-corrected chi connectivity index (χ3v) is 7.53. The first kappa shape index (κ1) is 21.3. The van der Waals surface area contributed by atoms with Gasteiger partial charge in [0, 0.05) is 16.3 Å². The van der Waals surface area contributed by atoms with Gasteiger partial charge in [-0.15, -0.1) is 0 Å². The summed E-state index contributed by atoms with van der Waals surface area (Å²) >= 11 is 0. The van der Waals surface area contributed by atoms with E-state index in [1.807, 2.05) is 42.5 Å². The molecule has 0 amide bonds. The number of benzene rings is 5. The molecule has 1 aliphatic rings. The van der Waals surface area contributed by atoms with Crippen molar-refractivity contribution in [2.24, 2.45) is 4.99 Å². The summed E-state index contributed by atoms with van der Waals surface area (Å²) in [7, 11) is -1.69. The molecule has 0 aliphatic carbocycles. The number of ether oxygens (including phenoxy) is 1. The van der Waals surface area contributed by atoms with E-state index in [9.17, 15) is 0 Å². The second kappa shape index (κ2) is 8.87. The lowest BCUT2D eigenvalue weighted by Gasteiger charge is -2.05. The number of rotatable bonds is 4. The van der Waals surface area contributed by atoms with Crippen molar-refractivity contribution in [2.75, 3.05) is 13.2 Å². The van der Waals surface area contributed by atoms with Gasteiger partial charge in [0.15, 0.2) is 0 Å². The summed E-state index contributed by atoms with van der Waals surface area (Å²) in [6, 6.07) is 34.7. The molecule has 36 heavy (non-hydrogen) atoms. The van der Waals surface area contributed by atoms with Crippen LogP contribution in [0, 0.1) is 0 Å². The van der Waals surface area contributed by atoms with Crippen molar-refractivity contribution < 1.29 is 17.7 Å². The summed E-state index contributed by atoms with van der Waals surface area (Å²) < 4.78 is 24.8. The van der Waals surface area contributed by atoms with Crippen LogP contribution in [0.1, 0.15) is 5.56 Å². The van der Waals surface area contributed by atoms with Gasteiger partial charge in [-0.3, -0.25) is 4.52 Å². The van der Waals surface area contributed by atoms with Gasteiger partial charge in [0.2, 0.25) is 5.90 Å². The van der Waals surface area contributed by atoms with E-state index >= 15 is 0 Å². The normalized spacial score (nSPS) is 15.4. The van der Waals surface area contributed by atoms with Crippen LogP contribution in [-0.4, -0.2) is 25.2 Å². The molecule has 0 saturated carbocycles. The van der Waals surface area contributed by atoms with Gasteiger partial charge in [0.05, 0.1) is 6.61 Å². The van der Waals surface area contributed by atoms with Crippen molar-refractivity contribution in [3.8, 4) is 0 Å². The van der Waals surface area contributed by atoms with E-state index in [1.54, 1.807) is 0 Å². The number of hydrogen-bond donors (Lipinski definition) is 0. The first-order valence-corrected chi connectivity index (χ1v) is 13.0. The number of nitrogens with zero attached hydrogens (tertiary/aromatic N) is 1. The first-order valence-electron chi connectivity index (χ1n) is 11.9. The average molecular weight is 491 g/mol. The molecule has 0 saturated heterocycles. The molecule has 1 aliphatic heterocycles. The van der Waals surface area contributed by atoms with Crippen molar-refractivity contribution in [3.05, 3.63) is 109 Å². The maximum Gasteiger partial charge on any atom is 0.387 e. The zero-order valence-corrected chi connectivity index (χ0v) is 20.2. The summed E-state index contributed by atoms with van der Waals surface area (Å²) in [5, 5.41) is 6.60. The van der Waals surface area contributed by atoms with Crippen molar-refractivity contribution in [1.82, 2.24) is 0 Å². The van der Waals surface area contributed by atoms with Crippen molar-refractivity contribution in [2.45, 2.75) is 6.04 Å². The monoisotopic (exact) mass is 491 g/mol. The third-order valence-electron chi connectivity index (χ3n) is 6.48. The van der Waals surface area contributed by atoms with Gasteiger partial charge in [0.25, 0.3) is 0 Å². The van der Waals surface area contributed by atoms with Crippen LogP contribution < -0.4 is 4.52 Å². The lowest BCUT2D eigenvalue weighted by Crippen LogP contribution is -2.15. The van der Waals surface area contributed by atoms with E-state index in [4.69, 9.17) is 22.6 Å². The van der Waals surface area contributed by atoms with Crippen LogP contribution in [0.25, 0.3) is 43.5 Å². The van der Waals surface area contributed by atoms with Crippen LogP contribution in [0.15, 0.2) is 117 Å². The van der Waals surface area contributed by atoms with Crippen LogP contribution in [0.4, 0.5) is 0 Å². The van der Waals surface area contributed by atoms with Gasteiger partial charge in [0.1, 0.15) is 23.8 Å². The topological polar surface area (TPSA) is 57.1 Å². The Morgan fingerprint density at radius 3 is 1.92 bits per heavy atom. The molecule has 2 heterocycles. The smallest absolute Gasteiger partial charge is 0.387 e. The van der Waals surface area contributed by atoms with Crippen molar-refractivity contribution in [3.63, 3.8) is 0 Å². The Hall–Kier alpha value is -4.05. The Balaban J connectivity index is 1.36. The summed E-state index contributed by atoms with van der Waals surface area (Å²) in [5.41, 5.74) is 2.48. The molecule has 0 fully saturated rings. The Morgan fingerprint density at radius 2 is 1.28 bits per heavy atom. The highest BCUT2D eigenvalue weighted by molar-refractivity contribution is 7.31. The maximum atomic E-state index is 6.40. The van der Waals surface area contributed by atoms with Crippen molar-refractivity contribution in [1.29, 1.82) is 0 Å². The van der Waals surface area contributed by atoms with E-state index in [-0.39, 0.29) is 6.04 Å². The van der Waals surface area contributed by atoms with E-state index in [0.29, 0.717) is 19.1 Å². The van der Waals surface area contributed by atoms with E-state index in [1.165, 1.54) is 0 Å². The predicted molar refractivity (Wildman–Crippen MR) is 145 cm³/mol. The van der Waals surface area contributed by atoms with Crippen LogP contribution in [0.3, 0.4) is 0 Å². The average Bonchev–Trinajstić information content (AvgIpc) is 3.34. The van der Waals surface area contributed by atoms with Gasteiger partial charge in [-0.25, -0.2) is 4.99 Å². The molecular formula is C30H22NO4P. The Kier molecular flexibility index (Phi) is 5.24. The van der Waals surface area contributed by atoms with Crippen LogP contribution in [-0.2, 0) is 4.74 Å². The van der Waals surface area contributed by atoms with Gasteiger partial charge in [-0.2, -0.15) is 0 Å². The summed E-state index contributed by atoms with van der Waals surface area (Å²) in [4.78, 5) is 4.71. The Bertz CT molecular complexity index is 1710. The summed E-state index contributed by atoms with van der Waals surface area (Å²) in [5.74, 6) is 0.647. The zero-order valence-electron chi connectivity index (χ0n) is 19.3. The minimum Gasteiger partial charge on any atom is -0.475 e. The Labute approximate surface area is 208 Å². The highest BCUT2D eigenvalue weighted by Crippen LogP contribution is 2.40. The fourth-order valence-corrected chi connectivity index (χ4v) is 5.85. The predicted octanol–water partition coefficient (Wildman–Crippen LogP) is 7.87. The lowest BCUT2D eigenvalue weighted by atomic mass is 9.99. The molecule has 1 atom stereocenters. The van der Waals surface area contributed by atoms with E-state index < -0.39 is 8.24 Å². The quantitative estimate of drug-likeness (QED) is 0.252. The second-order valence-electron chi connectivity index (χ2n) is 8.79. The lowest BCUT2D eigenvalue weighted by molar-refractivity contribution is 0.270. The SMILES string of the molecule is c1ccc(C2=N[C@H](COp3oc4ccc5ccccc5c4c4c(ccc5ccccc54)o3)CO2)cc1. The molecule has 6 heteroatoms. The zero-order chi connectivity index (χ0) is 23.9. The van der Waals surface area contributed by atoms with E-state index in [2.05, 4.69) is 60.7 Å². The minimum atomic E-state index is -1.69. The molecule has 5 nitrogen and oxygen atoms in total. The van der Waals surface area contributed by atoms with Crippen molar-refractivity contribution >= 4 is 57.6 Å². The van der Waals surface area contributed by atoms with Gasteiger partial charge < -0.3 is 13.1 Å².